The Morgan fingerprint density at radius 2 is 1.62 bits per heavy atom. The van der Waals surface area contributed by atoms with Gasteiger partial charge in [0.1, 0.15) is 11.5 Å². The molecule has 4 N–H and O–H groups in total. The molecule has 4 heteroatoms. The summed E-state index contributed by atoms with van der Waals surface area (Å²) in [5, 5.41) is 37.6. The molecule has 16 heavy (non-hydrogen) atoms. The van der Waals surface area contributed by atoms with Crippen molar-refractivity contribution in [2.24, 2.45) is 0 Å². The molecule has 0 amide bonds. The molecule has 0 aromatic heterocycles. The number of hydrogen-bond donors (Lipinski definition) is 4. The lowest BCUT2D eigenvalue weighted by molar-refractivity contribution is 0.177. The predicted octanol–water partition coefficient (Wildman–Crippen LogP) is 1.78. The monoisotopic (exact) mass is 222 g/mol. The highest BCUT2D eigenvalue weighted by Gasteiger charge is 2.23. The van der Waals surface area contributed by atoms with E-state index in [4.69, 9.17) is 0 Å². The van der Waals surface area contributed by atoms with Crippen molar-refractivity contribution >= 4 is 0 Å². The van der Waals surface area contributed by atoms with E-state index in [2.05, 4.69) is 0 Å². The lowest BCUT2D eigenvalue weighted by Gasteiger charge is -2.24. The van der Waals surface area contributed by atoms with E-state index >= 15 is 0 Å². The van der Waals surface area contributed by atoms with Crippen molar-refractivity contribution in [2.45, 2.75) is 24.9 Å². The molecule has 0 saturated heterocycles. The maximum Gasteiger partial charge on any atom is 0.119 e. The fourth-order valence-corrected chi connectivity index (χ4v) is 2.09. The van der Waals surface area contributed by atoms with E-state index in [0.29, 0.717) is 12.8 Å². The third-order valence-electron chi connectivity index (χ3n) is 2.76. The highest BCUT2D eigenvalue weighted by atomic mass is 16.3. The van der Waals surface area contributed by atoms with Crippen LogP contribution in [0.3, 0.4) is 0 Å². The zero-order valence-electron chi connectivity index (χ0n) is 8.67. The van der Waals surface area contributed by atoms with E-state index < -0.39 is 6.10 Å². The first-order valence-electron chi connectivity index (χ1n) is 5.15. The van der Waals surface area contributed by atoms with Crippen molar-refractivity contribution in [3.8, 4) is 11.5 Å². The summed E-state index contributed by atoms with van der Waals surface area (Å²) in [7, 11) is 0. The second kappa shape index (κ2) is 4.06. The minimum atomic E-state index is -0.678. The summed E-state index contributed by atoms with van der Waals surface area (Å²) < 4.78 is 0. The van der Waals surface area contributed by atoms with E-state index in [9.17, 15) is 20.4 Å². The predicted molar refractivity (Wildman–Crippen MR) is 58.5 cm³/mol. The molecule has 0 radical (unpaired) electrons. The number of aliphatic hydroxyl groups excluding tert-OH is 2. The number of phenols is 2. The summed E-state index contributed by atoms with van der Waals surface area (Å²) >= 11 is 0. The minimum absolute atomic E-state index is 0.0152. The average Bonchev–Trinajstić information content (AvgIpc) is 2.14. The summed E-state index contributed by atoms with van der Waals surface area (Å²) in [6.45, 7) is 0. The largest absolute Gasteiger partial charge is 0.513 e. The molecule has 1 aliphatic rings. The molecule has 4 nitrogen and oxygen atoms in total. The molecule has 2 atom stereocenters. The van der Waals surface area contributed by atoms with Crippen molar-refractivity contribution in [1.29, 1.82) is 0 Å². The van der Waals surface area contributed by atoms with Gasteiger partial charge in [0.2, 0.25) is 0 Å². The molecule has 1 aromatic rings. The highest BCUT2D eigenvalue weighted by Crippen LogP contribution is 2.35. The van der Waals surface area contributed by atoms with Crippen LogP contribution in [0.4, 0.5) is 0 Å². The highest BCUT2D eigenvalue weighted by molar-refractivity contribution is 5.39. The Kier molecular flexibility index (Phi) is 2.75. The topological polar surface area (TPSA) is 80.9 Å². The van der Waals surface area contributed by atoms with E-state index in [-0.39, 0.29) is 23.2 Å². The maximum absolute atomic E-state index is 9.49. The van der Waals surface area contributed by atoms with E-state index in [0.717, 1.165) is 5.56 Å². The molecular weight excluding hydrogens is 208 g/mol. The second-order valence-corrected chi connectivity index (χ2v) is 4.14. The molecule has 1 aromatic carbocycles. The number of hydrogen-bond acceptors (Lipinski definition) is 4. The number of phenolic OH excluding ortho intramolecular Hbond substituents is 2. The van der Waals surface area contributed by atoms with Gasteiger partial charge in [0.15, 0.2) is 0 Å². The Labute approximate surface area is 93.1 Å². The van der Waals surface area contributed by atoms with Gasteiger partial charge in [-0.2, -0.15) is 0 Å². The van der Waals surface area contributed by atoms with Gasteiger partial charge >= 0.3 is 0 Å². The standard InChI is InChI=1S/C12H14O4/c13-9-1-7(2-10(14)5-9)8-3-11(15)6-12(16)4-8/h1-2,5-6,8,11,13-16H,3-4H2/t8?,11-/m1/s1. The Morgan fingerprint density at radius 1 is 1.00 bits per heavy atom. The summed E-state index contributed by atoms with van der Waals surface area (Å²) in [4.78, 5) is 0. The van der Waals surface area contributed by atoms with Gasteiger partial charge in [-0.25, -0.2) is 0 Å². The van der Waals surface area contributed by atoms with Gasteiger partial charge in [-0.3, -0.25) is 0 Å². The van der Waals surface area contributed by atoms with Crippen molar-refractivity contribution in [2.75, 3.05) is 0 Å². The Morgan fingerprint density at radius 3 is 2.19 bits per heavy atom. The summed E-state index contributed by atoms with van der Waals surface area (Å²) in [6.07, 6.45) is 1.63. The first-order chi connectivity index (χ1) is 7.54. The molecule has 86 valence electrons. The summed E-state index contributed by atoms with van der Waals surface area (Å²) in [5.74, 6) is 0.0293. The molecular formula is C12H14O4. The zero-order chi connectivity index (χ0) is 11.7. The van der Waals surface area contributed by atoms with Crippen LogP contribution < -0.4 is 0 Å². The van der Waals surface area contributed by atoms with Crippen LogP contribution in [0.5, 0.6) is 11.5 Å². The SMILES string of the molecule is OC1=C[C@H](O)CC(c2cc(O)cc(O)c2)C1. The molecule has 2 rings (SSSR count). The van der Waals surface area contributed by atoms with Gasteiger partial charge < -0.3 is 20.4 Å². The molecule has 0 fully saturated rings. The molecule has 0 saturated carbocycles. The minimum Gasteiger partial charge on any atom is -0.513 e. The third-order valence-corrected chi connectivity index (χ3v) is 2.76. The number of rotatable bonds is 1. The van der Waals surface area contributed by atoms with Crippen LogP contribution in [0.25, 0.3) is 0 Å². The van der Waals surface area contributed by atoms with Crippen LogP contribution in [0.2, 0.25) is 0 Å². The molecule has 1 unspecified atom stereocenters. The van der Waals surface area contributed by atoms with Crippen LogP contribution in [-0.2, 0) is 0 Å². The fourth-order valence-electron chi connectivity index (χ4n) is 2.09. The van der Waals surface area contributed by atoms with Crippen LogP contribution in [-0.4, -0.2) is 26.5 Å². The maximum atomic E-state index is 9.49. The van der Waals surface area contributed by atoms with Gasteiger partial charge in [0.25, 0.3) is 0 Å². The van der Waals surface area contributed by atoms with Crippen LogP contribution in [0.1, 0.15) is 24.3 Å². The lowest BCUT2D eigenvalue weighted by atomic mass is 9.85. The van der Waals surface area contributed by atoms with Gasteiger partial charge in [-0.1, -0.05) is 0 Å². The quantitative estimate of drug-likeness (QED) is 0.584. The second-order valence-electron chi connectivity index (χ2n) is 4.14. The summed E-state index contributed by atoms with van der Waals surface area (Å²) in [5.41, 5.74) is 0.719. The van der Waals surface area contributed by atoms with Crippen molar-refractivity contribution < 1.29 is 20.4 Å². The first-order valence-corrected chi connectivity index (χ1v) is 5.15. The van der Waals surface area contributed by atoms with E-state index in [1.165, 1.54) is 24.3 Å². The fraction of sp³-hybridized carbons (Fsp3) is 0.333. The Bertz CT molecular complexity index is 405. The number of aromatic hydroxyl groups is 2. The smallest absolute Gasteiger partial charge is 0.119 e. The molecule has 0 spiro atoms. The average molecular weight is 222 g/mol. The van der Waals surface area contributed by atoms with Crippen LogP contribution in [0.15, 0.2) is 30.0 Å². The zero-order valence-corrected chi connectivity index (χ0v) is 8.67. The first kappa shape index (κ1) is 10.8. The van der Waals surface area contributed by atoms with E-state index in [1.54, 1.807) is 0 Å². The molecule has 1 aliphatic carbocycles. The van der Waals surface area contributed by atoms with Crippen molar-refractivity contribution in [1.82, 2.24) is 0 Å². The van der Waals surface area contributed by atoms with Crippen LogP contribution in [0, 0.1) is 0 Å². The van der Waals surface area contributed by atoms with E-state index in [1.807, 2.05) is 0 Å². The third kappa shape index (κ3) is 2.28. The summed E-state index contributed by atoms with van der Waals surface area (Å²) in [6, 6.07) is 4.32. The normalized spacial score (nSPS) is 25.2. The van der Waals surface area contributed by atoms with Gasteiger partial charge in [0, 0.05) is 12.5 Å². The van der Waals surface area contributed by atoms with Crippen molar-refractivity contribution in [3.63, 3.8) is 0 Å². The molecule has 0 aliphatic heterocycles. The van der Waals surface area contributed by atoms with Crippen LogP contribution >= 0.6 is 0 Å². The molecule has 0 bridgehead atoms. The number of allylic oxidation sites excluding steroid dienone is 1. The Hall–Kier alpha value is -1.68. The van der Waals surface area contributed by atoms with Gasteiger partial charge in [-0.05, 0) is 36.1 Å². The van der Waals surface area contributed by atoms with Gasteiger partial charge in [-0.15, -0.1) is 0 Å². The number of benzene rings is 1. The molecule has 0 heterocycles. The Balaban J connectivity index is 2.28. The number of aliphatic hydroxyl groups is 2. The van der Waals surface area contributed by atoms with Crippen molar-refractivity contribution in [3.05, 3.63) is 35.6 Å². The van der Waals surface area contributed by atoms with Gasteiger partial charge in [0.05, 0.1) is 11.9 Å². The lowest BCUT2D eigenvalue weighted by Crippen LogP contribution is -2.16.